The molecule has 1 fully saturated rings. The number of carbonyl (C=O) groups is 2. The monoisotopic (exact) mass is 386 g/mol. The van der Waals surface area contributed by atoms with Crippen molar-refractivity contribution in [1.29, 1.82) is 5.26 Å². The lowest BCUT2D eigenvalue weighted by atomic mass is 9.76. The number of ether oxygens (including phenoxy) is 2. The zero-order valence-corrected chi connectivity index (χ0v) is 17.1. The van der Waals surface area contributed by atoms with Gasteiger partial charge in [-0.05, 0) is 50.3 Å². The lowest BCUT2D eigenvalue weighted by Crippen LogP contribution is -2.53. The molecule has 0 bridgehead atoms. The Balaban J connectivity index is 2.01. The van der Waals surface area contributed by atoms with Gasteiger partial charge in [0.25, 0.3) is 0 Å². The Kier molecular flexibility index (Phi) is 7.86. The van der Waals surface area contributed by atoms with Gasteiger partial charge in [0, 0.05) is 25.5 Å². The van der Waals surface area contributed by atoms with Crippen LogP contribution in [0.15, 0.2) is 18.2 Å². The molecule has 2 rings (SSSR count). The summed E-state index contributed by atoms with van der Waals surface area (Å²) in [7, 11) is 1.66. The minimum Gasteiger partial charge on any atom is -0.490 e. The van der Waals surface area contributed by atoms with Gasteiger partial charge in [0.1, 0.15) is 5.54 Å². The van der Waals surface area contributed by atoms with Crippen molar-refractivity contribution in [2.24, 2.45) is 0 Å². The lowest BCUT2D eigenvalue weighted by Gasteiger charge is -2.43. The van der Waals surface area contributed by atoms with Crippen LogP contribution in [0.3, 0.4) is 0 Å². The highest BCUT2D eigenvalue weighted by Crippen LogP contribution is 2.36. The van der Waals surface area contributed by atoms with Gasteiger partial charge in [-0.25, -0.2) is 0 Å². The van der Waals surface area contributed by atoms with Gasteiger partial charge in [-0.1, -0.05) is 13.8 Å². The first-order chi connectivity index (χ1) is 13.5. The van der Waals surface area contributed by atoms with Gasteiger partial charge in [0.2, 0.25) is 5.91 Å². The molecule has 6 heteroatoms. The number of rotatable bonds is 11. The van der Waals surface area contributed by atoms with Crippen LogP contribution in [0.4, 0.5) is 0 Å². The van der Waals surface area contributed by atoms with Crippen LogP contribution in [-0.4, -0.2) is 42.4 Å². The molecule has 1 aliphatic rings. The summed E-state index contributed by atoms with van der Waals surface area (Å²) in [6.45, 7) is 5.16. The number of amides is 1. The zero-order valence-electron chi connectivity index (χ0n) is 17.1. The average molecular weight is 386 g/mol. The Labute approximate surface area is 167 Å². The topological polar surface area (TPSA) is 79.6 Å². The molecule has 1 aliphatic carbocycles. The van der Waals surface area contributed by atoms with E-state index in [1.54, 1.807) is 25.2 Å². The van der Waals surface area contributed by atoms with Crippen molar-refractivity contribution < 1.29 is 19.1 Å². The highest BCUT2D eigenvalue weighted by atomic mass is 16.5. The third kappa shape index (κ3) is 5.03. The number of Topliss-reactive ketones (excluding diaryl/α,β-unsaturated/α-hetero) is 1. The minimum absolute atomic E-state index is 0.0952. The Morgan fingerprint density at radius 1 is 1.11 bits per heavy atom. The van der Waals surface area contributed by atoms with Crippen molar-refractivity contribution in [3.8, 4) is 17.6 Å². The predicted octanol–water partition coefficient (Wildman–Crippen LogP) is 4.13. The molecule has 1 aromatic carbocycles. The lowest BCUT2D eigenvalue weighted by molar-refractivity contribution is -0.136. The molecule has 1 amide bonds. The summed E-state index contributed by atoms with van der Waals surface area (Å²) in [6, 6.07) is 7.41. The molecule has 0 spiro atoms. The molecule has 0 unspecified atom stereocenters. The molecule has 1 aromatic rings. The third-order valence-electron chi connectivity index (χ3n) is 5.16. The maximum absolute atomic E-state index is 12.6. The quantitative estimate of drug-likeness (QED) is 0.534. The molecule has 0 aromatic heterocycles. The number of hydrogen-bond donors (Lipinski definition) is 0. The van der Waals surface area contributed by atoms with E-state index < -0.39 is 5.54 Å². The van der Waals surface area contributed by atoms with Crippen LogP contribution < -0.4 is 9.47 Å². The van der Waals surface area contributed by atoms with E-state index in [0.717, 1.165) is 19.3 Å². The van der Waals surface area contributed by atoms with Crippen LogP contribution in [0.5, 0.6) is 11.5 Å². The van der Waals surface area contributed by atoms with Crippen LogP contribution in [-0.2, 0) is 4.79 Å². The fourth-order valence-electron chi connectivity index (χ4n) is 3.14. The second-order valence-electron chi connectivity index (χ2n) is 7.23. The van der Waals surface area contributed by atoms with Crippen LogP contribution in [0, 0.1) is 11.3 Å². The van der Waals surface area contributed by atoms with E-state index in [-0.39, 0.29) is 24.5 Å². The predicted molar refractivity (Wildman–Crippen MR) is 107 cm³/mol. The number of benzene rings is 1. The normalized spacial score (nSPS) is 14.5. The summed E-state index contributed by atoms with van der Waals surface area (Å²) in [4.78, 5) is 26.5. The molecule has 0 saturated heterocycles. The number of carbonyl (C=O) groups excluding carboxylic acids is 2. The molecule has 0 aliphatic heterocycles. The highest BCUT2D eigenvalue weighted by molar-refractivity contribution is 5.98. The van der Waals surface area contributed by atoms with Crippen LogP contribution in [0.25, 0.3) is 0 Å². The Bertz CT molecular complexity index is 735. The molecule has 28 heavy (non-hydrogen) atoms. The van der Waals surface area contributed by atoms with E-state index in [2.05, 4.69) is 6.07 Å². The third-order valence-corrected chi connectivity index (χ3v) is 5.16. The summed E-state index contributed by atoms with van der Waals surface area (Å²) < 4.78 is 11.4. The van der Waals surface area contributed by atoms with Gasteiger partial charge in [0.15, 0.2) is 17.3 Å². The first-order valence-electron chi connectivity index (χ1n) is 10.1. The summed E-state index contributed by atoms with van der Waals surface area (Å²) in [5.74, 6) is 0.899. The van der Waals surface area contributed by atoms with E-state index in [4.69, 9.17) is 9.47 Å². The number of nitriles is 1. The first kappa shape index (κ1) is 21.7. The van der Waals surface area contributed by atoms with Crippen molar-refractivity contribution in [3.05, 3.63) is 23.8 Å². The molecular formula is C22H30N2O4. The molecule has 0 heterocycles. The van der Waals surface area contributed by atoms with Gasteiger partial charge in [-0.3, -0.25) is 9.59 Å². The smallest absolute Gasteiger partial charge is 0.224 e. The number of nitrogens with zero attached hydrogens (tertiary/aromatic N) is 2. The summed E-state index contributed by atoms with van der Waals surface area (Å²) in [5.41, 5.74) is -0.177. The van der Waals surface area contributed by atoms with Gasteiger partial charge in [-0.2, -0.15) is 5.26 Å². The van der Waals surface area contributed by atoms with Crippen LogP contribution >= 0.6 is 0 Å². The fourth-order valence-corrected chi connectivity index (χ4v) is 3.14. The van der Waals surface area contributed by atoms with Gasteiger partial charge in [-0.15, -0.1) is 0 Å². The van der Waals surface area contributed by atoms with Crippen molar-refractivity contribution in [1.82, 2.24) is 4.90 Å². The van der Waals surface area contributed by atoms with Crippen molar-refractivity contribution in [3.63, 3.8) is 0 Å². The van der Waals surface area contributed by atoms with E-state index in [1.165, 1.54) is 4.90 Å². The highest BCUT2D eigenvalue weighted by Gasteiger charge is 2.43. The Morgan fingerprint density at radius 2 is 1.75 bits per heavy atom. The maximum Gasteiger partial charge on any atom is 0.224 e. The average Bonchev–Trinajstić information content (AvgIpc) is 2.68. The Hall–Kier alpha value is -2.55. The standard InChI is InChI=1S/C22H30N2O4/c1-4-13-27-19-9-7-17(15-20(19)28-14-5-2)18(25)8-10-21(26)24(3)22(16-23)11-6-12-22/h7,9,15H,4-6,8,10-14H2,1-3H3. The summed E-state index contributed by atoms with van der Waals surface area (Å²) >= 11 is 0. The van der Waals surface area contributed by atoms with Crippen molar-refractivity contribution in [2.45, 2.75) is 64.3 Å². The van der Waals surface area contributed by atoms with Gasteiger partial charge >= 0.3 is 0 Å². The second-order valence-corrected chi connectivity index (χ2v) is 7.23. The summed E-state index contributed by atoms with van der Waals surface area (Å²) in [5, 5.41) is 9.36. The van der Waals surface area contributed by atoms with Crippen molar-refractivity contribution >= 4 is 11.7 Å². The van der Waals surface area contributed by atoms with E-state index in [9.17, 15) is 14.9 Å². The molecule has 0 radical (unpaired) electrons. The molecule has 152 valence electrons. The number of ketones is 1. The van der Waals surface area contributed by atoms with E-state index in [1.807, 2.05) is 13.8 Å². The summed E-state index contributed by atoms with van der Waals surface area (Å²) in [6.07, 6.45) is 4.30. The number of hydrogen-bond acceptors (Lipinski definition) is 5. The van der Waals surface area contributed by atoms with Crippen molar-refractivity contribution in [2.75, 3.05) is 20.3 Å². The van der Waals surface area contributed by atoms with Gasteiger partial charge < -0.3 is 14.4 Å². The molecule has 0 N–H and O–H groups in total. The van der Waals surface area contributed by atoms with Crippen LogP contribution in [0.1, 0.15) is 69.2 Å². The largest absolute Gasteiger partial charge is 0.490 e. The molecule has 6 nitrogen and oxygen atoms in total. The van der Waals surface area contributed by atoms with E-state index >= 15 is 0 Å². The maximum atomic E-state index is 12.6. The Morgan fingerprint density at radius 3 is 2.29 bits per heavy atom. The minimum atomic E-state index is -0.681. The SMILES string of the molecule is CCCOc1ccc(C(=O)CCC(=O)N(C)C2(C#N)CCC2)cc1OCCC. The van der Waals surface area contributed by atoms with Crippen LogP contribution in [0.2, 0.25) is 0 Å². The zero-order chi connectivity index (χ0) is 20.6. The first-order valence-corrected chi connectivity index (χ1v) is 10.1. The van der Waals surface area contributed by atoms with Gasteiger partial charge in [0.05, 0.1) is 19.3 Å². The molecule has 1 saturated carbocycles. The molecule has 0 atom stereocenters. The molecular weight excluding hydrogens is 356 g/mol. The second kappa shape index (κ2) is 10.1. The van der Waals surface area contributed by atoms with E-state index in [0.29, 0.717) is 43.1 Å². The fraction of sp³-hybridized carbons (Fsp3) is 0.591.